The van der Waals surface area contributed by atoms with Crippen LogP contribution in [0.5, 0.6) is 0 Å². The van der Waals surface area contributed by atoms with Crippen molar-refractivity contribution in [3.63, 3.8) is 0 Å². The first-order valence-corrected chi connectivity index (χ1v) is 22.4. The van der Waals surface area contributed by atoms with Crippen LogP contribution in [0.4, 0.5) is 0 Å². The molecule has 8 aromatic carbocycles. The van der Waals surface area contributed by atoms with E-state index in [9.17, 15) is 0 Å². The van der Waals surface area contributed by atoms with Crippen LogP contribution >= 0.6 is 0 Å². The Kier molecular flexibility index (Phi) is 8.85. The van der Waals surface area contributed by atoms with Crippen LogP contribution in [0.25, 0.3) is 64.8 Å². The Morgan fingerprint density at radius 3 is 1.32 bits per heavy atom. The van der Waals surface area contributed by atoms with Gasteiger partial charge in [0.05, 0.1) is 0 Å². The van der Waals surface area contributed by atoms with Gasteiger partial charge in [0.25, 0.3) is 0 Å². The molecular formula is C50H34N4SeSi. The molecule has 4 nitrogen and oxygen atoms in total. The minimum atomic E-state index is -2.68. The predicted molar refractivity (Wildman–Crippen MR) is 235 cm³/mol. The zero-order chi connectivity index (χ0) is 37.3. The fraction of sp³-hybridized carbons (Fsp3) is 0. The Morgan fingerprint density at radius 1 is 0.339 bits per heavy atom. The number of hydrogen-bond donors (Lipinski definition) is 0. The average Bonchev–Trinajstić information content (AvgIpc) is 3.74. The van der Waals surface area contributed by atoms with E-state index in [1.807, 2.05) is 60.7 Å². The molecule has 0 fully saturated rings. The molecular weight excluding hydrogens is 764 g/mol. The molecule has 0 spiro atoms. The van der Waals surface area contributed by atoms with Crippen molar-refractivity contribution in [2.24, 2.45) is 0 Å². The van der Waals surface area contributed by atoms with E-state index in [1.165, 1.54) is 41.3 Å². The number of rotatable bonds is 8. The molecule has 0 saturated carbocycles. The van der Waals surface area contributed by atoms with E-state index in [0.29, 0.717) is 17.5 Å². The SMILES string of the molecule is c1ccc(-c2nc(-c3ccccc3)nc(-c3ccc4ccc5nc(-c6cccc([Si](c7ccccc7)(c7ccccc7)c7ccccc7)c6)[se]c5c4c3)n2)cc1. The van der Waals surface area contributed by atoms with Crippen LogP contribution in [0.1, 0.15) is 0 Å². The van der Waals surface area contributed by atoms with Gasteiger partial charge < -0.3 is 0 Å². The molecule has 0 saturated heterocycles. The summed E-state index contributed by atoms with van der Waals surface area (Å²) < 4.78 is 2.43. The van der Waals surface area contributed by atoms with Crippen LogP contribution < -0.4 is 20.7 Å². The van der Waals surface area contributed by atoms with E-state index in [-0.39, 0.29) is 14.5 Å². The van der Waals surface area contributed by atoms with Crippen molar-refractivity contribution in [1.82, 2.24) is 19.9 Å². The van der Waals surface area contributed by atoms with Gasteiger partial charge in [-0.05, 0) is 0 Å². The summed E-state index contributed by atoms with van der Waals surface area (Å²) in [5.41, 5.74) is 5.09. The van der Waals surface area contributed by atoms with Crippen LogP contribution in [-0.2, 0) is 0 Å². The molecule has 0 atom stereocenters. The van der Waals surface area contributed by atoms with Crippen molar-refractivity contribution in [1.29, 1.82) is 0 Å². The van der Waals surface area contributed by atoms with E-state index < -0.39 is 8.07 Å². The number of benzene rings is 8. The zero-order valence-corrected chi connectivity index (χ0v) is 33.0. The van der Waals surface area contributed by atoms with Gasteiger partial charge in [0.1, 0.15) is 0 Å². The number of hydrogen-bond acceptors (Lipinski definition) is 4. The summed E-state index contributed by atoms with van der Waals surface area (Å²) in [6.45, 7) is 0. The van der Waals surface area contributed by atoms with Gasteiger partial charge in [-0.3, -0.25) is 0 Å². The van der Waals surface area contributed by atoms with E-state index in [2.05, 4.69) is 146 Å². The van der Waals surface area contributed by atoms with Crippen molar-refractivity contribution >= 4 is 63.9 Å². The minimum absolute atomic E-state index is 0.0218. The second-order valence-corrected chi connectivity index (χ2v) is 19.7. The van der Waals surface area contributed by atoms with Crippen LogP contribution in [0.2, 0.25) is 0 Å². The molecule has 0 bridgehead atoms. The molecule has 0 N–H and O–H groups in total. The van der Waals surface area contributed by atoms with Crippen molar-refractivity contribution < 1.29 is 0 Å². The standard InChI is InChI=1S/C50H34N4SeSi/c1-6-17-36(18-7-1)47-52-48(37-19-8-2-9-20-37)54-49(53-47)38-30-29-35-31-32-45-46(44(35)34-38)55-50(51-45)39-21-16-28-43(33-39)56(40-22-10-3-11-23-40,41-24-12-4-13-25-41)42-26-14-5-15-27-42/h1-34H. The molecule has 2 heterocycles. The third kappa shape index (κ3) is 6.11. The Morgan fingerprint density at radius 2 is 0.786 bits per heavy atom. The third-order valence-corrected chi connectivity index (χ3v) is 17.7. The molecule has 10 rings (SSSR count). The summed E-state index contributed by atoms with van der Waals surface area (Å²) in [5, 5.41) is 7.81. The second-order valence-electron chi connectivity index (χ2n) is 13.8. The summed E-state index contributed by atoms with van der Waals surface area (Å²) in [4.78, 5) is 20.3. The first kappa shape index (κ1) is 34.0. The van der Waals surface area contributed by atoms with Gasteiger partial charge in [-0.25, -0.2) is 0 Å². The summed E-state index contributed by atoms with van der Waals surface area (Å²) in [5.74, 6) is 1.97. The molecule has 0 aliphatic carbocycles. The Labute approximate surface area is 332 Å². The van der Waals surface area contributed by atoms with Crippen LogP contribution in [0.15, 0.2) is 206 Å². The fourth-order valence-electron chi connectivity index (χ4n) is 7.86. The van der Waals surface area contributed by atoms with Gasteiger partial charge in [-0.1, -0.05) is 0 Å². The fourth-order valence-corrected chi connectivity index (χ4v) is 14.9. The maximum absolute atomic E-state index is 5.34. The molecule has 6 heteroatoms. The van der Waals surface area contributed by atoms with Crippen LogP contribution in [0, 0.1) is 0 Å². The normalized spacial score (nSPS) is 11.6. The summed E-state index contributed by atoms with van der Waals surface area (Å²) in [7, 11) is -2.68. The monoisotopic (exact) mass is 798 g/mol. The summed E-state index contributed by atoms with van der Waals surface area (Å²) >= 11 is -0.0218. The van der Waals surface area contributed by atoms with Gasteiger partial charge in [0, 0.05) is 0 Å². The van der Waals surface area contributed by atoms with E-state index in [1.54, 1.807) is 0 Å². The first-order chi connectivity index (χ1) is 27.7. The zero-order valence-electron chi connectivity index (χ0n) is 30.3. The maximum atomic E-state index is 5.34. The second kappa shape index (κ2) is 14.6. The molecule has 0 radical (unpaired) electrons. The topological polar surface area (TPSA) is 51.6 Å². The molecule has 0 aliphatic heterocycles. The van der Waals surface area contributed by atoms with Gasteiger partial charge in [0.2, 0.25) is 0 Å². The Balaban J connectivity index is 1.12. The van der Waals surface area contributed by atoms with Crippen molar-refractivity contribution in [3.8, 4) is 44.3 Å². The molecule has 264 valence electrons. The van der Waals surface area contributed by atoms with Crippen molar-refractivity contribution in [2.75, 3.05) is 0 Å². The number of aromatic nitrogens is 4. The number of nitrogens with zero attached hydrogens (tertiary/aromatic N) is 4. The average molecular weight is 798 g/mol. The molecule has 0 unspecified atom stereocenters. The molecule has 10 aromatic rings. The number of fused-ring (bicyclic) bond motifs is 3. The quantitative estimate of drug-likeness (QED) is 0.114. The summed E-state index contributed by atoms with van der Waals surface area (Å²) in [6.07, 6.45) is 0. The van der Waals surface area contributed by atoms with Crippen molar-refractivity contribution in [2.45, 2.75) is 0 Å². The van der Waals surface area contributed by atoms with Gasteiger partial charge in [-0.15, -0.1) is 0 Å². The molecule has 0 amide bonds. The first-order valence-electron chi connectivity index (χ1n) is 18.7. The molecule has 0 aliphatic rings. The predicted octanol–water partition coefficient (Wildman–Crippen LogP) is 8.68. The van der Waals surface area contributed by atoms with Crippen molar-refractivity contribution in [3.05, 3.63) is 206 Å². The van der Waals surface area contributed by atoms with E-state index >= 15 is 0 Å². The van der Waals surface area contributed by atoms with E-state index in [4.69, 9.17) is 19.9 Å². The Hall–Kier alpha value is -6.56. The molecule has 56 heavy (non-hydrogen) atoms. The summed E-state index contributed by atoms with van der Waals surface area (Å²) in [6, 6.07) is 73.7. The molecule has 2 aromatic heterocycles. The van der Waals surface area contributed by atoms with Gasteiger partial charge in [0.15, 0.2) is 0 Å². The van der Waals surface area contributed by atoms with Gasteiger partial charge in [-0.2, -0.15) is 0 Å². The van der Waals surface area contributed by atoms with Gasteiger partial charge >= 0.3 is 334 Å². The van der Waals surface area contributed by atoms with E-state index in [0.717, 1.165) is 26.8 Å². The third-order valence-electron chi connectivity index (χ3n) is 10.5. The Bertz CT molecular complexity index is 2800. The van der Waals surface area contributed by atoms with Crippen LogP contribution in [-0.4, -0.2) is 42.5 Å². The van der Waals surface area contributed by atoms with Crippen LogP contribution in [0.3, 0.4) is 0 Å².